The molecule has 0 saturated carbocycles. The standard InChI is InChI=1S/C16H10.Co/c1-3-11-7-9-13-5-2-6-14-10-8-12(4-1)15(11)16(13)14;/h1-10H;. The minimum Gasteiger partial charge on any atom is -0.0610 e. The second-order valence-corrected chi connectivity index (χ2v) is 4.29. The van der Waals surface area contributed by atoms with Gasteiger partial charge in [-0.1, -0.05) is 60.7 Å². The van der Waals surface area contributed by atoms with Crippen molar-refractivity contribution >= 4 is 32.3 Å². The summed E-state index contributed by atoms with van der Waals surface area (Å²) in [4.78, 5) is 0. The molecule has 0 nitrogen and oxygen atoms in total. The van der Waals surface area contributed by atoms with Gasteiger partial charge in [-0.15, -0.1) is 0 Å². The van der Waals surface area contributed by atoms with Crippen LogP contribution in [0, 0.1) is 0 Å². The van der Waals surface area contributed by atoms with Crippen LogP contribution in [-0.2, 0) is 16.8 Å². The van der Waals surface area contributed by atoms with E-state index in [2.05, 4.69) is 60.7 Å². The SMILES string of the molecule is [Co].c1cc2ccc3cccc4ccc(c1)c2c34. The van der Waals surface area contributed by atoms with Gasteiger partial charge in [0.25, 0.3) is 0 Å². The van der Waals surface area contributed by atoms with E-state index in [1.165, 1.54) is 32.3 Å². The van der Waals surface area contributed by atoms with Crippen LogP contribution in [0.5, 0.6) is 0 Å². The molecule has 0 N–H and O–H groups in total. The normalized spacial score (nSPS) is 11.1. The van der Waals surface area contributed by atoms with Crippen LogP contribution < -0.4 is 0 Å². The van der Waals surface area contributed by atoms with Crippen LogP contribution in [0.2, 0.25) is 0 Å². The van der Waals surface area contributed by atoms with Crippen molar-refractivity contribution in [1.82, 2.24) is 0 Å². The van der Waals surface area contributed by atoms with Crippen LogP contribution in [0.25, 0.3) is 32.3 Å². The molecule has 0 saturated heterocycles. The average Bonchev–Trinajstić information content (AvgIpc) is 2.36. The van der Waals surface area contributed by atoms with Crippen molar-refractivity contribution in [3.05, 3.63) is 60.7 Å². The van der Waals surface area contributed by atoms with E-state index in [1.807, 2.05) is 0 Å². The van der Waals surface area contributed by atoms with E-state index in [-0.39, 0.29) is 16.8 Å². The summed E-state index contributed by atoms with van der Waals surface area (Å²) in [7, 11) is 0. The van der Waals surface area contributed by atoms with E-state index in [1.54, 1.807) is 0 Å². The molecule has 0 spiro atoms. The van der Waals surface area contributed by atoms with E-state index in [4.69, 9.17) is 0 Å². The smallest absolute Gasteiger partial charge is 0 e. The van der Waals surface area contributed by atoms with Crippen molar-refractivity contribution in [2.75, 3.05) is 0 Å². The van der Waals surface area contributed by atoms with Gasteiger partial charge in [-0.2, -0.15) is 0 Å². The molecule has 0 atom stereocenters. The molecular weight excluding hydrogens is 251 g/mol. The molecule has 0 aliphatic rings. The second kappa shape index (κ2) is 3.72. The minimum absolute atomic E-state index is 0. The van der Waals surface area contributed by atoms with Crippen LogP contribution in [0.15, 0.2) is 60.7 Å². The summed E-state index contributed by atoms with van der Waals surface area (Å²) in [5.74, 6) is 0. The fourth-order valence-corrected chi connectivity index (χ4v) is 2.67. The summed E-state index contributed by atoms with van der Waals surface area (Å²) >= 11 is 0. The molecule has 83 valence electrons. The molecule has 4 rings (SSSR count). The first-order chi connectivity index (χ1) is 7.93. The molecule has 0 aromatic heterocycles. The molecule has 0 aliphatic heterocycles. The van der Waals surface area contributed by atoms with Gasteiger partial charge in [0.1, 0.15) is 0 Å². The first-order valence-corrected chi connectivity index (χ1v) is 5.56. The van der Waals surface area contributed by atoms with Crippen LogP contribution in [-0.4, -0.2) is 0 Å². The Bertz CT molecular complexity index is 672. The molecular formula is C16H10Co. The summed E-state index contributed by atoms with van der Waals surface area (Å²) in [6.07, 6.45) is 0. The van der Waals surface area contributed by atoms with Crippen molar-refractivity contribution in [3.8, 4) is 0 Å². The van der Waals surface area contributed by atoms with Gasteiger partial charge in [0.05, 0.1) is 0 Å². The predicted molar refractivity (Wildman–Crippen MR) is 70.1 cm³/mol. The summed E-state index contributed by atoms with van der Waals surface area (Å²) in [6.45, 7) is 0. The largest absolute Gasteiger partial charge is 0.0610 e. The molecule has 17 heavy (non-hydrogen) atoms. The third-order valence-electron chi connectivity index (χ3n) is 3.39. The monoisotopic (exact) mass is 261 g/mol. The van der Waals surface area contributed by atoms with Gasteiger partial charge in [-0.25, -0.2) is 0 Å². The maximum Gasteiger partial charge on any atom is 0 e. The third-order valence-corrected chi connectivity index (χ3v) is 3.39. The Morgan fingerprint density at radius 1 is 0.412 bits per heavy atom. The van der Waals surface area contributed by atoms with Crippen molar-refractivity contribution in [1.29, 1.82) is 0 Å². The van der Waals surface area contributed by atoms with E-state index in [0.29, 0.717) is 0 Å². The number of hydrogen-bond acceptors (Lipinski definition) is 0. The average molecular weight is 261 g/mol. The summed E-state index contributed by atoms with van der Waals surface area (Å²) in [5, 5.41) is 8.14. The topological polar surface area (TPSA) is 0 Å². The zero-order chi connectivity index (χ0) is 10.5. The van der Waals surface area contributed by atoms with Crippen LogP contribution >= 0.6 is 0 Å². The van der Waals surface area contributed by atoms with Crippen molar-refractivity contribution in [3.63, 3.8) is 0 Å². The van der Waals surface area contributed by atoms with E-state index in [9.17, 15) is 0 Å². The van der Waals surface area contributed by atoms with Gasteiger partial charge in [0.15, 0.2) is 0 Å². The first kappa shape index (κ1) is 10.6. The molecule has 0 fully saturated rings. The van der Waals surface area contributed by atoms with Crippen molar-refractivity contribution in [2.45, 2.75) is 0 Å². The minimum atomic E-state index is 0. The summed E-state index contributed by atoms with van der Waals surface area (Å²) in [5.41, 5.74) is 0. The van der Waals surface area contributed by atoms with Gasteiger partial charge >= 0.3 is 0 Å². The fourth-order valence-electron chi connectivity index (χ4n) is 2.67. The summed E-state index contributed by atoms with van der Waals surface area (Å²) in [6, 6.07) is 21.9. The molecule has 0 heterocycles. The van der Waals surface area contributed by atoms with Crippen molar-refractivity contribution < 1.29 is 16.8 Å². The predicted octanol–water partition coefficient (Wildman–Crippen LogP) is 4.58. The zero-order valence-corrected chi connectivity index (χ0v) is 10.1. The molecule has 0 aliphatic carbocycles. The van der Waals surface area contributed by atoms with Gasteiger partial charge in [-0.05, 0) is 32.3 Å². The number of rotatable bonds is 0. The van der Waals surface area contributed by atoms with Gasteiger partial charge in [0, 0.05) is 16.8 Å². The Hall–Kier alpha value is -1.57. The molecule has 4 aromatic rings. The maximum atomic E-state index is 2.21. The maximum absolute atomic E-state index is 2.21. The molecule has 0 amide bonds. The zero-order valence-electron chi connectivity index (χ0n) is 9.11. The molecule has 0 unspecified atom stereocenters. The fraction of sp³-hybridized carbons (Fsp3) is 0. The van der Waals surface area contributed by atoms with E-state index in [0.717, 1.165) is 0 Å². The van der Waals surface area contributed by atoms with Crippen LogP contribution in [0.3, 0.4) is 0 Å². The van der Waals surface area contributed by atoms with E-state index < -0.39 is 0 Å². The van der Waals surface area contributed by atoms with Gasteiger partial charge in [-0.3, -0.25) is 0 Å². The molecule has 0 bridgehead atoms. The van der Waals surface area contributed by atoms with Crippen LogP contribution in [0.1, 0.15) is 0 Å². The number of hydrogen-bond donors (Lipinski definition) is 0. The Morgan fingerprint density at radius 2 is 0.706 bits per heavy atom. The Labute approximate surface area is 110 Å². The molecule has 4 aromatic carbocycles. The first-order valence-electron chi connectivity index (χ1n) is 5.56. The Morgan fingerprint density at radius 3 is 1.00 bits per heavy atom. The third kappa shape index (κ3) is 1.36. The van der Waals surface area contributed by atoms with Crippen LogP contribution in [0.4, 0.5) is 0 Å². The Kier molecular flexibility index (Phi) is 2.32. The quantitative estimate of drug-likeness (QED) is 0.406. The molecule has 1 heteroatoms. The van der Waals surface area contributed by atoms with E-state index >= 15 is 0 Å². The van der Waals surface area contributed by atoms with Gasteiger partial charge < -0.3 is 0 Å². The van der Waals surface area contributed by atoms with Gasteiger partial charge in [0.2, 0.25) is 0 Å². The molecule has 1 radical (unpaired) electrons. The van der Waals surface area contributed by atoms with Crippen molar-refractivity contribution in [2.24, 2.45) is 0 Å². The Balaban J connectivity index is 0.000000902. The second-order valence-electron chi connectivity index (χ2n) is 4.29. The summed E-state index contributed by atoms with van der Waals surface area (Å²) < 4.78 is 0. The number of benzene rings is 4.